The minimum atomic E-state index is -0.111. The summed E-state index contributed by atoms with van der Waals surface area (Å²) in [6, 6.07) is 8.57. The van der Waals surface area contributed by atoms with E-state index >= 15 is 0 Å². The van der Waals surface area contributed by atoms with Crippen molar-refractivity contribution in [3.05, 3.63) is 35.4 Å². The van der Waals surface area contributed by atoms with E-state index in [1.807, 2.05) is 24.3 Å². The third-order valence-electron chi connectivity index (χ3n) is 5.42. The van der Waals surface area contributed by atoms with Gasteiger partial charge in [-0.25, -0.2) is 0 Å². The van der Waals surface area contributed by atoms with E-state index < -0.39 is 0 Å². The molecule has 1 fully saturated rings. The van der Waals surface area contributed by atoms with Crippen LogP contribution in [0.25, 0.3) is 0 Å². The molecule has 0 bridgehead atoms. The van der Waals surface area contributed by atoms with Crippen LogP contribution in [-0.4, -0.2) is 79.4 Å². The first-order valence-corrected chi connectivity index (χ1v) is 11.2. The maximum atomic E-state index is 12.5. The van der Waals surface area contributed by atoms with E-state index in [1.54, 1.807) is 11.9 Å². The van der Waals surface area contributed by atoms with Gasteiger partial charge in [0, 0.05) is 57.4 Å². The van der Waals surface area contributed by atoms with E-state index in [4.69, 9.17) is 0 Å². The van der Waals surface area contributed by atoms with Crippen molar-refractivity contribution in [1.29, 1.82) is 0 Å². The molecule has 1 aromatic rings. The number of nitrogens with zero attached hydrogens (tertiary/aromatic N) is 3. The van der Waals surface area contributed by atoms with Crippen molar-refractivity contribution in [2.45, 2.75) is 52.7 Å². The Bertz CT molecular complexity index is 737. The molecule has 0 aliphatic carbocycles. The molecule has 1 aliphatic heterocycles. The van der Waals surface area contributed by atoms with Gasteiger partial charge in [0.05, 0.1) is 6.54 Å². The number of hydrogen-bond acceptors (Lipinski definition) is 4. The highest BCUT2D eigenvalue weighted by molar-refractivity contribution is 5.97. The van der Waals surface area contributed by atoms with Gasteiger partial charge in [-0.2, -0.15) is 0 Å². The lowest BCUT2D eigenvalue weighted by Gasteiger charge is -2.30. The van der Waals surface area contributed by atoms with E-state index in [9.17, 15) is 9.59 Å². The molecule has 0 radical (unpaired) electrons. The number of nitrogens with one attached hydrogen (secondary N) is 3. The summed E-state index contributed by atoms with van der Waals surface area (Å²) in [7, 11) is 1.76. The van der Waals surface area contributed by atoms with Crippen molar-refractivity contribution >= 4 is 17.8 Å². The number of hydrogen-bond donors (Lipinski definition) is 3. The summed E-state index contributed by atoms with van der Waals surface area (Å²) in [4.78, 5) is 32.4. The van der Waals surface area contributed by atoms with Gasteiger partial charge in [-0.3, -0.25) is 19.5 Å². The minimum Gasteiger partial charge on any atom is -0.356 e. The van der Waals surface area contributed by atoms with Crippen LogP contribution in [-0.2, 0) is 11.3 Å². The van der Waals surface area contributed by atoms with Gasteiger partial charge in [0.15, 0.2) is 5.96 Å². The summed E-state index contributed by atoms with van der Waals surface area (Å²) >= 11 is 0. The molecule has 1 saturated heterocycles. The third kappa shape index (κ3) is 7.86. The average Bonchev–Trinajstić information content (AvgIpc) is 2.75. The highest BCUT2D eigenvalue weighted by Crippen LogP contribution is 2.09. The lowest BCUT2D eigenvalue weighted by Crippen LogP contribution is -2.49. The fourth-order valence-electron chi connectivity index (χ4n) is 3.75. The predicted octanol–water partition coefficient (Wildman–Crippen LogP) is 1.43. The second kappa shape index (κ2) is 12.3. The number of aliphatic imine (C=N–C) groups is 1. The van der Waals surface area contributed by atoms with Crippen LogP contribution in [0.15, 0.2) is 29.3 Å². The molecule has 0 atom stereocenters. The monoisotopic (exact) mass is 430 g/mol. The molecule has 0 aromatic heterocycles. The Morgan fingerprint density at radius 1 is 1.16 bits per heavy atom. The third-order valence-corrected chi connectivity index (χ3v) is 5.42. The number of rotatable bonds is 9. The van der Waals surface area contributed by atoms with E-state index in [0.717, 1.165) is 31.0 Å². The first-order chi connectivity index (χ1) is 14.8. The van der Waals surface area contributed by atoms with Gasteiger partial charge in [0.25, 0.3) is 5.91 Å². The second-order valence-corrected chi connectivity index (χ2v) is 8.41. The van der Waals surface area contributed by atoms with Gasteiger partial charge in [0.1, 0.15) is 0 Å². The smallest absolute Gasteiger partial charge is 0.254 e. The Morgan fingerprint density at radius 3 is 2.42 bits per heavy atom. The van der Waals surface area contributed by atoms with Gasteiger partial charge in [-0.05, 0) is 51.8 Å². The van der Waals surface area contributed by atoms with Gasteiger partial charge < -0.3 is 20.9 Å². The Morgan fingerprint density at radius 2 is 1.84 bits per heavy atom. The number of carbonyl (C=O) groups excluding carboxylic acids is 2. The van der Waals surface area contributed by atoms with Crippen molar-refractivity contribution in [2.75, 3.05) is 39.8 Å². The molecular formula is C23H38N6O2. The molecule has 1 aliphatic rings. The zero-order valence-electron chi connectivity index (χ0n) is 19.6. The number of carbonyl (C=O) groups is 2. The Kier molecular flexibility index (Phi) is 9.78. The number of guanidine groups is 1. The zero-order chi connectivity index (χ0) is 22.8. The van der Waals surface area contributed by atoms with Crippen LogP contribution in [0.5, 0.6) is 0 Å². The number of piperazine rings is 1. The van der Waals surface area contributed by atoms with Crippen molar-refractivity contribution < 1.29 is 9.59 Å². The molecule has 2 rings (SSSR count). The summed E-state index contributed by atoms with van der Waals surface area (Å²) in [5.41, 5.74) is 1.66. The van der Waals surface area contributed by atoms with Crippen LogP contribution < -0.4 is 16.0 Å². The highest BCUT2D eigenvalue weighted by atomic mass is 16.2. The molecule has 8 heteroatoms. The maximum absolute atomic E-state index is 12.5. The summed E-state index contributed by atoms with van der Waals surface area (Å²) in [5, 5.41) is 9.41. The molecule has 3 N–H and O–H groups in total. The molecule has 8 nitrogen and oxygen atoms in total. The van der Waals surface area contributed by atoms with Crippen LogP contribution in [0.1, 0.15) is 50.0 Å². The molecule has 0 saturated carbocycles. The first-order valence-electron chi connectivity index (χ1n) is 11.2. The predicted molar refractivity (Wildman–Crippen MR) is 125 cm³/mol. The molecule has 2 amide bonds. The molecule has 0 spiro atoms. The van der Waals surface area contributed by atoms with E-state index in [0.29, 0.717) is 37.3 Å². The van der Waals surface area contributed by atoms with Crippen LogP contribution in [0.4, 0.5) is 0 Å². The quantitative estimate of drug-likeness (QED) is 0.313. The topological polar surface area (TPSA) is 89.1 Å². The summed E-state index contributed by atoms with van der Waals surface area (Å²) in [6.45, 7) is 12.6. The molecule has 1 aromatic carbocycles. The van der Waals surface area contributed by atoms with Crippen LogP contribution in [0.2, 0.25) is 0 Å². The number of amides is 2. The molecule has 172 valence electrons. The van der Waals surface area contributed by atoms with E-state index in [1.165, 1.54) is 0 Å². The van der Waals surface area contributed by atoms with Crippen LogP contribution in [0, 0.1) is 0 Å². The zero-order valence-corrected chi connectivity index (χ0v) is 19.6. The summed E-state index contributed by atoms with van der Waals surface area (Å²) in [5.74, 6) is 0.546. The van der Waals surface area contributed by atoms with E-state index in [2.05, 4.69) is 53.5 Å². The Labute approximate surface area is 186 Å². The van der Waals surface area contributed by atoms with Crippen molar-refractivity contribution in [2.24, 2.45) is 4.99 Å². The fourth-order valence-corrected chi connectivity index (χ4v) is 3.75. The molecule has 0 unspecified atom stereocenters. The van der Waals surface area contributed by atoms with Gasteiger partial charge in [-0.15, -0.1) is 0 Å². The first kappa shape index (κ1) is 24.7. The SMILES string of the molecule is CN=C(NCCCN(C(C)C)C(C)C)NCc1ccc(C(=O)N2CCNC(=O)C2)cc1. The molecular weight excluding hydrogens is 392 g/mol. The van der Waals surface area contributed by atoms with Crippen molar-refractivity contribution in [1.82, 2.24) is 25.8 Å². The normalized spacial score (nSPS) is 14.9. The number of benzene rings is 1. The van der Waals surface area contributed by atoms with Crippen molar-refractivity contribution in [3.8, 4) is 0 Å². The maximum Gasteiger partial charge on any atom is 0.254 e. The highest BCUT2D eigenvalue weighted by Gasteiger charge is 2.22. The largest absolute Gasteiger partial charge is 0.356 e. The van der Waals surface area contributed by atoms with Crippen LogP contribution in [0.3, 0.4) is 0 Å². The van der Waals surface area contributed by atoms with Gasteiger partial charge >= 0.3 is 0 Å². The Hall–Kier alpha value is -2.61. The standard InChI is InChI=1S/C23H38N6O2/c1-17(2)29(18(3)4)13-6-11-26-23(24-5)27-15-19-7-9-20(10-8-19)22(31)28-14-12-25-21(30)16-28/h7-10,17-18H,6,11-16H2,1-5H3,(H,25,30)(H2,24,26,27). The van der Waals surface area contributed by atoms with Crippen LogP contribution >= 0.6 is 0 Å². The lowest BCUT2D eigenvalue weighted by atomic mass is 10.1. The second-order valence-electron chi connectivity index (χ2n) is 8.41. The van der Waals surface area contributed by atoms with E-state index in [-0.39, 0.29) is 18.4 Å². The average molecular weight is 431 g/mol. The summed E-state index contributed by atoms with van der Waals surface area (Å²) in [6.07, 6.45) is 1.04. The lowest BCUT2D eigenvalue weighted by molar-refractivity contribution is -0.123. The van der Waals surface area contributed by atoms with Crippen molar-refractivity contribution in [3.63, 3.8) is 0 Å². The molecule has 1 heterocycles. The summed E-state index contributed by atoms with van der Waals surface area (Å²) < 4.78 is 0. The Balaban J connectivity index is 1.77. The minimum absolute atomic E-state index is 0.108. The van der Waals surface area contributed by atoms with Gasteiger partial charge in [0.2, 0.25) is 5.91 Å². The van der Waals surface area contributed by atoms with Gasteiger partial charge in [-0.1, -0.05) is 12.1 Å². The molecule has 31 heavy (non-hydrogen) atoms. The fraction of sp³-hybridized carbons (Fsp3) is 0.609.